The molecule has 0 saturated carbocycles. The topological polar surface area (TPSA) is 26.3 Å². The van der Waals surface area contributed by atoms with E-state index in [-0.39, 0.29) is 12.1 Å². The first-order valence-electron chi connectivity index (χ1n) is 4.36. The Bertz CT molecular complexity index is 134. The van der Waals surface area contributed by atoms with Gasteiger partial charge in [-0.2, -0.15) is 12.6 Å². The van der Waals surface area contributed by atoms with E-state index in [1.807, 2.05) is 13.8 Å². The number of carbonyl (C=O) groups excluding carboxylic acids is 1. The number of rotatable bonds is 5. The van der Waals surface area contributed by atoms with Gasteiger partial charge in [0, 0.05) is 6.42 Å². The van der Waals surface area contributed by atoms with Crippen molar-refractivity contribution >= 4 is 18.6 Å². The van der Waals surface area contributed by atoms with Crippen LogP contribution < -0.4 is 0 Å². The van der Waals surface area contributed by atoms with E-state index in [9.17, 15) is 4.79 Å². The Hall–Kier alpha value is -0.180. The van der Waals surface area contributed by atoms with Gasteiger partial charge in [0.25, 0.3) is 0 Å². The lowest BCUT2D eigenvalue weighted by Crippen LogP contribution is -2.12. The molecule has 72 valence electrons. The molecule has 0 aliphatic rings. The van der Waals surface area contributed by atoms with E-state index in [0.29, 0.717) is 12.3 Å². The lowest BCUT2D eigenvalue weighted by molar-refractivity contribution is -0.147. The molecule has 0 N–H and O–H groups in total. The van der Waals surface area contributed by atoms with E-state index in [4.69, 9.17) is 4.74 Å². The number of ether oxygens (including phenoxy) is 1. The van der Waals surface area contributed by atoms with Crippen LogP contribution in [0.25, 0.3) is 0 Å². The van der Waals surface area contributed by atoms with Crippen LogP contribution in [0, 0.1) is 5.92 Å². The van der Waals surface area contributed by atoms with Crippen molar-refractivity contribution in [3.63, 3.8) is 0 Å². The van der Waals surface area contributed by atoms with Gasteiger partial charge in [-0.15, -0.1) is 0 Å². The lowest BCUT2D eigenvalue weighted by atomic mass is 10.1. The minimum Gasteiger partial charge on any atom is -0.463 e. The van der Waals surface area contributed by atoms with E-state index >= 15 is 0 Å². The molecule has 0 aliphatic heterocycles. The highest BCUT2D eigenvalue weighted by Gasteiger charge is 2.07. The highest BCUT2D eigenvalue weighted by atomic mass is 32.1. The molecule has 0 aromatic rings. The first kappa shape index (κ1) is 11.8. The molecule has 0 radical (unpaired) electrons. The lowest BCUT2D eigenvalue weighted by Gasteiger charge is -2.09. The van der Waals surface area contributed by atoms with Gasteiger partial charge in [-0.25, -0.2) is 0 Å². The van der Waals surface area contributed by atoms with Crippen molar-refractivity contribution in [1.29, 1.82) is 0 Å². The van der Waals surface area contributed by atoms with Crippen molar-refractivity contribution in [2.75, 3.05) is 5.75 Å². The third kappa shape index (κ3) is 6.53. The summed E-state index contributed by atoms with van der Waals surface area (Å²) < 4.78 is 4.98. The molecule has 0 aromatic heterocycles. The van der Waals surface area contributed by atoms with Crippen LogP contribution in [0.1, 0.15) is 33.6 Å². The number of thiol groups is 1. The highest BCUT2D eigenvalue weighted by Crippen LogP contribution is 2.08. The Kier molecular flexibility index (Phi) is 6.25. The van der Waals surface area contributed by atoms with E-state index in [1.54, 1.807) is 0 Å². The van der Waals surface area contributed by atoms with Crippen molar-refractivity contribution < 1.29 is 9.53 Å². The second-order valence-electron chi connectivity index (χ2n) is 3.37. The maximum Gasteiger partial charge on any atom is 0.306 e. The zero-order valence-electron chi connectivity index (χ0n) is 8.04. The van der Waals surface area contributed by atoms with Crippen LogP contribution in [0.2, 0.25) is 0 Å². The summed E-state index contributed by atoms with van der Waals surface area (Å²) in [5.41, 5.74) is 0. The molecule has 1 atom stereocenters. The second-order valence-corrected chi connectivity index (χ2v) is 3.73. The number of hydrogen-bond donors (Lipinski definition) is 1. The summed E-state index contributed by atoms with van der Waals surface area (Å²) in [4.78, 5) is 11.0. The fraction of sp³-hybridized carbons (Fsp3) is 0.889. The summed E-state index contributed by atoms with van der Waals surface area (Å²) in [5, 5.41) is 0. The monoisotopic (exact) mass is 190 g/mol. The summed E-state index contributed by atoms with van der Waals surface area (Å²) in [5.74, 6) is 1.22. The molecular weight excluding hydrogens is 172 g/mol. The van der Waals surface area contributed by atoms with E-state index in [1.165, 1.54) is 0 Å². The third-order valence-corrected chi connectivity index (χ3v) is 2.14. The predicted molar refractivity (Wildman–Crippen MR) is 53.5 cm³/mol. The molecule has 2 nitrogen and oxygen atoms in total. The minimum atomic E-state index is -0.0985. The van der Waals surface area contributed by atoms with Crippen LogP contribution >= 0.6 is 12.6 Å². The highest BCUT2D eigenvalue weighted by molar-refractivity contribution is 7.80. The van der Waals surface area contributed by atoms with Crippen molar-refractivity contribution in [3.05, 3.63) is 0 Å². The van der Waals surface area contributed by atoms with Gasteiger partial charge in [0.2, 0.25) is 0 Å². The Morgan fingerprint density at radius 3 is 2.42 bits per heavy atom. The Labute approximate surface area is 80.1 Å². The standard InChI is InChI=1S/C9H18O2S/c1-7(2)11-9(10)5-4-8(3)6-12/h7-8,12H,4-6H2,1-3H3. The first-order chi connectivity index (χ1) is 5.56. The maximum absolute atomic E-state index is 11.0. The minimum absolute atomic E-state index is 0.00353. The van der Waals surface area contributed by atoms with Crippen LogP contribution in [0.4, 0.5) is 0 Å². The van der Waals surface area contributed by atoms with Gasteiger partial charge in [-0.3, -0.25) is 4.79 Å². The number of esters is 1. The van der Waals surface area contributed by atoms with Gasteiger partial charge in [0.1, 0.15) is 0 Å². The van der Waals surface area contributed by atoms with Crippen molar-refractivity contribution in [2.24, 2.45) is 5.92 Å². The Morgan fingerprint density at radius 1 is 1.42 bits per heavy atom. The molecule has 0 aliphatic carbocycles. The number of hydrogen-bond acceptors (Lipinski definition) is 3. The van der Waals surface area contributed by atoms with Crippen LogP contribution in [0.5, 0.6) is 0 Å². The normalized spacial score (nSPS) is 13.1. The largest absolute Gasteiger partial charge is 0.463 e. The van der Waals surface area contributed by atoms with E-state index < -0.39 is 0 Å². The molecule has 0 fully saturated rings. The molecule has 0 bridgehead atoms. The molecule has 12 heavy (non-hydrogen) atoms. The average molecular weight is 190 g/mol. The molecular formula is C9H18O2S. The Balaban J connectivity index is 3.44. The molecule has 1 unspecified atom stereocenters. The van der Waals surface area contributed by atoms with Gasteiger partial charge < -0.3 is 4.74 Å². The molecule has 0 aromatic carbocycles. The maximum atomic E-state index is 11.0. The molecule has 0 rings (SSSR count). The second kappa shape index (κ2) is 6.35. The van der Waals surface area contributed by atoms with E-state index in [2.05, 4.69) is 19.6 Å². The van der Waals surface area contributed by atoms with Crippen LogP contribution in [-0.4, -0.2) is 17.8 Å². The average Bonchev–Trinajstić information content (AvgIpc) is 1.99. The van der Waals surface area contributed by atoms with Crippen molar-refractivity contribution in [1.82, 2.24) is 0 Å². The van der Waals surface area contributed by atoms with Crippen molar-refractivity contribution in [2.45, 2.75) is 39.7 Å². The zero-order chi connectivity index (χ0) is 9.56. The zero-order valence-corrected chi connectivity index (χ0v) is 8.93. The fourth-order valence-corrected chi connectivity index (χ4v) is 0.960. The van der Waals surface area contributed by atoms with Gasteiger partial charge in [-0.1, -0.05) is 6.92 Å². The SMILES string of the molecule is CC(CS)CCC(=O)OC(C)C. The summed E-state index contributed by atoms with van der Waals surface area (Å²) in [6.07, 6.45) is 1.39. The molecule has 0 spiro atoms. The molecule has 3 heteroatoms. The Morgan fingerprint density at radius 2 is 2.00 bits per heavy atom. The molecule has 0 amide bonds. The van der Waals surface area contributed by atoms with Crippen LogP contribution in [0.15, 0.2) is 0 Å². The summed E-state index contributed by atoms with van der Waals surface area (Å²) in [7, 11) is 0. The third-order valence-electron chi connectivity index (χ3n) is 1.52. The smallest absolute Gasteiger partial charge is 0.306 e. The van der Waals surface area contributed by atoms with Gasteiger partial charge in [-0.05, 0) is 31.9 Å². The van der Waals surface area contributed by atoms with Gasteiger partial charge in [0.15, 0.2) is 0 Å². The summed E-state index contributed by atoms with van der Waals surface area (Å²) in [6, 6.07) is 0. The first-order valence-corrected chi connectivity index (χ1v) is 4.99. The summed E-state index contributed by atoms with van der Waals surface area (Å²) in [6.45, 7) is 5.80. The number of carbonyl (C=O) groups is 1. The molecule has 0 heterocycles. The fourth-order valence-electron chi connectivity index (χ4n) is 0.777. The van der Waals surface area contributed by atoms with Crippen LogP contribution in [-0.2, 0) is 9.53 Å². The van der Waals surface area contributed by atoms with E-state index in [0.717, 1.165) is 12.2 Å². The van der Waals surface area contributed by atoms with Gasteiger partial charge >= 0.3 is 5.97 Å². The van der Waals surface area contributed by atoms with Crippen molar-refractivity contribution in [3.8, 4) is 0 Å². The molecule has 0 saturated heterocycles. The van der Waals surface area contributed by atoms with Crippen LogP contribution in [0.3, 0.4) is 0 Å². The quantitative estimate of drug-likeness (QED) is 0.532. The predicted octanol–water partition coefficient (Wildman–Crippen LogP) is 2.28. The summed E-state index contributed by atoms with van der Waals surface area (Å²) >= 11 is 4.14. The van der Waals surface area contributed by atoms with Gasteiger partial charge in [0.05, 0.1) is 6.10 Å².